The van der Waals surface area contributed by atoms with Gasteiger partial charge in [-0.1, -0.05) is 6.07 Å². The van der Waals surface area contributed by atoms with Crippen LogP contribution >= 0.6 is 0 Å². The van der Waals surface area contributed by atoms with Crippen LogP contribution in [0.3, 0.4) is 0 Å². The van der Waals surface area contributed by atoms with E-state index in [-0.39, 0.29) is 23.4 Å². The number of methoxy groups -OCH3 is 1. The first-order chi connectivity index (χ1) is 21.8. The molecule has 6 rings (SSSR count). The van der Waals surface area contributed by atoms with Crippen molar-refractivity contribution in [3.8, 4) is 17.0 Å². The van der Waals surface area contributed by atoms with E-state index in [1.165, 1.54) is 31.1 Å². The maximum atomic E-state index is 15.8. The van der Waals surface area contributed by atoms with Crippen molar-refractivity contribution in [3.63, 3.8) is 0 Å². The number of likely N-dealkylation sites (N-methyl/N-ethyl adjacent to an activating group) is 1. The van der Waals surface area contributed by atoms with Gasteiger partial charge in [0.25, 0.3) is 5.91 Å². The number of ether oxygens (including phenoxy) is 1. The van der Waals surface area contributed by atoms with E-state index in [4.69, 9.17) is 9.72 Å². The highest BCUT2D eigenvalue weighted by atomic mass is 19.1. The summed E-state index contributed by atoms with van der Waals surface area (Å²) >= 11 is 0. The summed E-state index contributed by atoms with van der Waals surface area (Å²) in [4.78, 5) is 31.5. The molecule has 0 unspecified atom stereocenters. The van der Waals surface area contributed by atoms with E-state index in [0.717, 1.165) is 62.9 Å². The van der Waals surface area contributed by atoms with Crippen LogP contribution in [0.15, 0.2) is 48.9 Å². The van der Waals surface area contributed by atoms with Crippen molar-refractivity contribution in [1.82, 2.24) is 29.3 Å². The largest absolute Gasteiger partial charge is 0.496 e. The number of anilines is 1. The van der Waals surface area contributed by atoms with Crippen molar-refractivity contribution in [1.29, 1.82) is 0 Å². The van der Waals surface area contributed by atoms with Gasteiger partial charge in [0.2, 0.25) is 5.95 Å². The normalized spacial score (nSPS) is 19.7. The Morgan fingerprint density at radius 3 is 2.60 bits per heavy atom. The standard InChI is InChI=1S/C34H42FN7O3/c1-40(2)18-19-41-16-12-22(13-17-41)23-4-9-28-29(20-23)42(24-5-7-25(43)8-6-24)34(38-28)39-33(44)26-10-15-37-32(31(26)35)27-21-36-14-11-30(27)45-3/h4,9-11,14-15,20-22,24-25,43H,5-8,12-13,16-19H2,1-3H3,(H,38,39,44)/t24-,25+. The summed E-state index contributed by atoms with van der Waals surface area (Å²) < 4.78 is 23.3. The van der Waals surface area contributed by atoms with Crippen molar-refractivity contribution in [2.45, 2.75) is 56.6 Å². The number of amides is 1. The number of rotatable bonds is 9. The summed E-state index contributed by atoms with van der Waals surface area (Å²) in [5.41, 5.74) is 3.20. The van der Waals surface area contributed by atoms with Crippen LogP contribution in [0.2, 0.25) is 0 Å². The molecule has 1 aromatic carbocycles. The Bertz CT molecular complexity index is 1640. The summed E-state index contributed by atoms with van der Waals surface area (Å²) in [6.07, 6.45) is 9.17. The maximum Gasteiger partial charge on any atom is 0.261 e. The van der Waals surface area contributed by atoms with Crippen molar-refractivity contribution in [2.75, 3.05) is 52.7 Å². The minimum atomic E-state index is -0.760. The van der Waals surface area contributed by atoms with Crippen LogP contribution < -0.4 is 10.1 Å². The maximum absolute atomic E-state index is 15.8. The number of imidazole rings is 1. The van der Waals surface area contributed by atoms with Crippen LogP contribution in [-0.4, -0.2) is 93.8 Å². The van der Waals surface area contributed by atoms with E-state index in [1.54, 1.807) is 12.3 Å². The Kier molecular flexibility index (Phi) is 9.39. The van der Waals surface area contributed by atoms with Gasteiger partial charge in [0.15, 0.2) is 5.82 Å². The Labute approximate surface area is 263 Å². The first-order valence-electron chi connectivity index (χ1n) is 15.8. The number of likely N-dealkylation sites (tertiary alicyclic amines) is 1. The van der Waals surface area contributed by atoms with E-state index in [2.05, 4.69) is 55.9 Å². The molecule has 10 nitrogen and oxygen atoms in total. The number of carbonyl (C=O) groups is 1. The predicted octanol–water partition coefficient (Wildman–Crippen LogP) is 5.11. The van der Waals surface area contributed by atoms with E-state index >= 15 is 4.39 Å². The smallest absolute Gasteiger partial charge is 0.261 e. The van der Waals surface area contributed by atoms with Gasteiger partial charge in [0.1, 0.15) is 11.4 Å². The highest BCUT2D eigenvalue weighted by molar-refractivity contribution is 6.05. The van der Waals surface area contributed by atoms with Gasteiger partial charge in [-0.15, -0.1) is 0 Å². The molecule has 238 valence electrons. The lowest BCUT2D eigenvalue weighted by Gasteiger charge is -2.33. The zero-order valence-corrected chi connectivity index (χ0v) is 26.2. The van der Waals surface area contributed by atoms with Crippen LogP contribution in [0.5, 0.6) is 5.75 Å². The lowest BCUT2D eigenvalue weighted by molar-refractivity contribution is 0.101. The second-order valence-corrected chi connectivity index (χ2v) is 12.5. The summed E-state index contributed by atoms with van der Waals surface area (Å²) in [6.45, 7) is 4.28. The molecule has 1 saturated heterocycles. The van der Waals surface area contributed by atoms with Crippen LogP contribution in [-0.2, 0) is 0 Å². The average Bonchev–Trinajstić information content (AvgIpc) is 3.41. The minimum Gasteiger partial charge on any atom is -0.496 e. The average molecular weight is 616 g/mol. The molecule has 2 N–H and O–H groups in total. The van der Waals surface area contributed by atoms with E-state index in [0.29, 0.717) is 36.0 Å². The highest BCUT2D eigenvalue weighted by Gasteiger charge is 2.28. The monoisotopic (exact) mass is 615 g/mol. The van der Waals surface area contributed by atoms with Gasteiger partial charge in [-0.05, 0) is 101 Å². The van der Waals surface area contributed by atoms with Gasteiger partial charge in [0.05, 0.1) is 35.4 Å². The molecule has 0 atom stereocenters. The van der Waals surface area contributed by atoms with Crippen LogP contribution in [0.4, 0.5) is 10.3 Å². The molecule has 2 fully saturated rings. The number of aliphatic hydroxyl groups is 1. The van der Waals surface area contributed by atoms with Gasteiger partial charge >= 0.3 is 0 Å². The first-order valence-corrected chi connectivity index (χ1v) is 15.8. The Balaban J connectivity index is 1.30. The van der Waals surface area contributed by atoms with E-state index in [1.807, 2.05) is 6.07 Å². The van der Waals surface area contributed by atoms with Crippen molar-refractivity contribution < 1.29 is 19.0 Å². The van der Waals surface area contributed by atoms with Gasteiger partial charge < -0.3 is 24.2 Å². The first kappa shape index (κ1) is 31.1. The molecule has 1 amide bonds. The number of nitrogens with one attached hydrogen (secondary N) is 1. The number of halogens is 1. The molecule has 0 radical (unpaired) electrons. The number of fused-ring (bicyclic) bond motifs is 1. The molecule has 1 aliphatic heterocycles. The van der Waals surface area contributed by atoms with Gasteiger partial charge in [0, 0.05) is 37.7 Å². The molecule has 4 aromatic rings. The number of pyridine rings is 2. The van der Waals surface area contributed by atoms with Gasteiger partial charge in [-0.2, -0.15) is 0 Å². The van der Waals surface area contributed by atoms with Crippen molar-refractivity contribution in [3.05, 3.63) is 65.9 Å². The Morgan fingerprint density at radius 2 is 1.87 bits per heavy atom. The highest BCUT2D eigenvalue weighted by Crippen LogP contribution is 2.37. The third kappa shape index (κ3) is 6.70. The molecule has 2 aliphatic rings. The lowest BCUT2D eigenvalue weighted by Crippen LogP contribution is -2.37. The fourth-order valence-corrected chi connectivity index (χ4v) is 6.68. The number of carbonyl (C=O) groups excluding carboxylic acids is 1. The summed E-state index contributed by atoms with van der Waals surface area (Å²) in [6, 6.07) is 9.45. The number of nitrogens with zero attached hydrogens (tertiary/aromatic N) is 6. The summed E-state index contributed by atoms with van der Waals surface area (Å²) in [5.74, 6) is -0.136. The summed E-state index contributed by atoms with van der Waals surface area (Å²) in [7, 11) is 5.71. The Hall–Kier alpha value is -3.93. The lowest BCUT2D eigenvalue weighted by atomic mass is 9.89. The van der Waals surface area contributed by atoms with Crippen LogP contribution in [0.1, 0.15) is 66.4 Å². The van der Waals surface area contributed by atoms with Gasteiger partial charge in [-0.25, -0.2) is 9.37 Å². The molecule has 4 heterocycles. The Morgan fingerprint density at radius 1 is 1.09 bits per heavy atom. The molecule has 11 heteroatoms. The number of aliphatic hydroxyl groups excluding tert-OH is 1. The quantitative estimate of drug-likeness (QED) is 0.268. The van der Waals surface area contributed by atoms with E-state index < -0.39 is 11.7 Å². The molecular formula is C34H42FN7O3. The second-order valence-electron chi connectivity index (χ2n) is 12.5. The molecule has 1 aliphatic carbocycles. The topological polar surface area (TPSA) is 109 Å². The zero-order valence-electron chi connectivity index (χ0n) is 26.2. The van der Waals surface area contributed by atoms with Gasteiger partial charge in [-0.3, -0.25) is 20.1 Å². The second kappa shape index (κ2) is 13.6. The minimum absolute atomic E-state index is 0.0141. The predicted molar refractivity (Wildman–Crippen MR) is 172 cm³/mol. The third-order valence-electron chi connectivity index (χ3n) is 9.28. The molecule has 0 bridgehead atoms. The molecular weight excluding hydrogens is 573 g/mol. The molecule has 45 heavy (non-hydrogen) atoms. The zero-order chi connectivity index (χ0) is 31.5. The molecule has 1 saturated carbocycles. The third-order valence-corrected chi connectivity index (χ3v) is 9.28. The number of hydrogen-bond donors (Lipinski definition) is 2. The van der Waals surface area contributed by atoms with E-state index in [9.17, 15) is 9.90 Å². The number of benzene rings is 1. The fraction of sp³-hybridized carbons (Fsp3) is 0.471. The fourth-order valence-electron chi connectivity index (χ4n) is 6.68. The van der Waals surface area contributed by atoms with Crippen molar-refractivity contribution >= 4 is 22.9 Å². The van der Waals surface area contributed by atoms with Crippen LogP contribution in [0, 0.1) is 5.82 Å². The van der Waals surface area contributed by atoms with Crippen LogP contribution in [0.25, 0.3) is 22.3 Å². The number of hydrogen-bond acceptors (Lipinski definition) is 8. The SMILES string of the molecule is COc1ccncc1-c1nccc(C(=O)Nc2nc3ccc(C4CCN(CCN(C)C)CC4)cc3n2[C@H]2CC[C@@H](O)CC2)c1F. The number of piperidine rings is 1. The number of aromatic nitrogens is 4. The summed E-state index contributed by atoms with van der Waals surface area (Å²) in [5, 5.41) is 13.2. The molecule has 0 spiro atoms. The molecule has 3 aromatic heterocycles. The van der Waals surface area contributed by atoms with Crippen molar-refractivity contribution in [2.24, 2.45) is 0 Å².